The van der Waals surface area contributed by atoms with Crippen LogP contribution in [0.15, 0.2) is 24.3 Å². The van der Waals surface area contributed by atoms with Crippen LogP contribution in [0.1, 0.15) is 50.3 Å². The predicted molar refractivity (Wildman–Crippen MR) is 168 cm³/mol. The van der Waals surface area contributed by atoms with Crippen LogP contribution in [0.2, 0.25) is 0 Å². The van der Waals surface area contributed by atoms with E-state index < -0.39 is 29.4 Å². The van der Waals surface area contributed by atoms with Crippen LogP contribution < -0.4 is 9.64 Å². The molecular weight excluding hydrogens is 595 g/mol. The number of ether oxygens (including phenoxy) is 1. The van der Waals surface area contributed by atoms with Crippen LogP contribution in [0.25, 0.3) is 32.9 Å². The number of halogens is 3. The van der Waals surface area contributed by atoms with Gasteiger partial charge in [-0.05, 0) is 68.7 Å². The van der Waals surface area contributed by atoms with Gasteiger partial charge >= 0.3 is 6.01 Å². The normalized spacial score (nSPS) is 22.9. The lowest BCUT2D eigenvalue weighted by atomic mass is 9.95. The number of piperidine rings is 1. The number of aliphatic hydroxyl groups is 1. The first kappa shape index (κ1) is 30.1. The van der Waals surface area contributed by atoms with Crippen molar-refractivity contribution in [3.63, 3.8) is 0 Å². The first-order chi connectivity index (χ1) is 22.2. The van der Waals surface area contributed by atoms with Gasteiger partial charge in [0.05, 0.1) is 22.6 Å². The van der Waals surface area contributed by atoms with E-state index in [-0.39, 0.29) is 63.7 Å². The fourth-order valence-corrected chi connectivity index (χ4v) is 7.36. The van der Waals surface area contributed by atoms with Crippen molar-refractivity contribution >= 4 is 27.5 Å². The van der Waals surface area contributed by atoms with Gasteiger partial charge in [-0.15, -0.1) is 6.42 Å². The molecule has 0 spiro atoms. The molecular formula is C35H32F3N5O3. The minimum Gasteiger partial charge on any atom is -0.508 e. The van der Waals surface area contributed by atoms with Gasteiger partial charge in [-0.3, -0.25) is 4.90 Å². The summed E-state index contributed by atoms with van der Waals surface area (Å²) in [6.07, 6.45) is 7.43. The van der Waals surface area contributed by atoms with Crippen molar-refractivity contribution in [2.24, 2.45) is 0 Å². The summed E-state index contributed by atoms with van der Waals surface area (Å²) in [6.45, 7) is 3.65. The SMILES string of the molecule is C#Cc1c(F)ccc2cc(O)cc(-c3nc(C#CC)c4c(N5CCC[C@@H](O)C5)nc(OC[C@@]56CCCN5C[C@H](F)C6)nc4c3F)c12. The monoisotopic (exact) mass is 627 g/mol. The quantitative estimate of drug-likeness (QED) is 0.296. The average Bonchev–Trinajstić information content (AvgIpc) is 3.56. The molecule has 3 aliphatic heterocycles. The highest BCUT2D eigenvalue weighted by Gasteiger charge is 2.49. The van der Waals surface area contributed by atoms with E-state index in [1.54, 1.807) is 6.92 Å². The van der Waals surface area contributed by atoms with Crippen LogP contribution >= 0.6 is 0 Å². The minimum absolute atomic E-state index is 0.0671. The second kappa shape index (κ2) is 11.7. The summed E-state index contributed by atoms with van der Waals surface area (Å²) < 4.78 is 52.6. The second-order valence-corrected chi connectivity index (χ2v) is 12.3. The van der Waals surface area contributed by atoms with Gasteiger partial charge in [0, 0.05) is 37.0 Å². The van der Waals surface area contributed by atoms with Crippen molar-refractivity contribution in [1.82, 2.24) is 19.9 Å². The number of benzene rings is 2. The van der Waals surface area contributed by atoms with E-state index in [9.17, 15) is 19.0 Å². The number of pyridine rings is 1. The van der Waals surface area contributed by atoms with Crippen LogP contribution in [0.3, 0.4) is 0 Å². The van der Waals surface area contributed by atoms with Crippen molar-refractivity contribution in [3.8, 4) is 47.2 Å². The van der Waals surface area contributed by atoms with Crippen LogP contribution in [-0.2, 0) is 0 Å². The van der Waals surface area contributed by atoms with Gasteiger partial charge in [-0.2, -0.15) is 9.97 Å². The minimum atomic E-state index is -0.956. The Balaban J connectivity index is 1.46. The summed E-state index contributed by atoms with van der Waals surface area (Å²) in [7, 11) is 0. The van der Waals surface area contributed by atoms with E-state index in [4.69, 9.17) is 16.1 Å². The Labute approximate surface area is 264 Å². The molecule has 0 bridgehead atoms. The molecule has 11 heteroatoms. The Morgan fingerprint density at radius 1 is 1.11 bits per heavy atom. The molecule has 3 aliphatic rings. The largest absolute Gasteiger partial charge is 0.508 e. The van der Waals surface area contributed by atoms with E-state index in [2.05, 4.69) is 32.6 Å². The number of β-amino-alcohol motifs (C(OH)–C–C–N with tert-alkyl or cyclic N) is 1. The van der Waals surface area contributed by atoms with E-state index in [0.717, 1.165) is 19.4 Å². The lowest BCUT2D eigenvalue weighted by Crippen LogP contribution is -2.43. The van der Waals surface area contributed by atoms with Gasteiger partial charge < -0.3 is 19.8 Å². The Bertz CT molecular complexity index is 1990. The molecule has 2 aromatic carbocycles. The lowest BCUT2D eigenvalue weighted by molar-refractivity contribution is 0.107. The highest BCUT2D eigenvalue weighted by Crippen LogP contribution is 2.42. The van der Waals surface area contributed by atoms with Crippen molar-refractivity contribution in [1.29, 1.82) is 0 Å². The van der Waals surface area contributed by atoms with Crippen molar-refractivity contribution in [3.05, 3.63) is 47.2 Å². The molecule has 0 radical (unpaired) electrons. The van der Waals surface area contributed by atoms with Gasteiger partial charge in [0.15, 0.2) is 5.82 Å². The predicted octanol–water partition coefficient (Wildman–Crippen LogP) is 5.10. The summed E-state index contributed by atoms with van der Waals surface area (Å²) in [5.41, 5.74) is -0.752. The fraction of sp³-hybridized carbons (Fsp3) is 0.400. The van der Waals surface area contributed by atoms with Crippen LogP contribution in [-0.4, -0.2) is 80.7 Å². The van der Waals surface area contributed by atoms with Crippen molar-refractivity contribution < 1.29 is 28.1 Å². The van der Waals surface area contributed by atoms with Crippen molar-refractivity contribution in [2.45, 2.75) is 56.8 Å². The Morgan fingerprint density at radius 3 is 2.74 bits per heavy atom. The zero-order chi connectivity index (χ0) is 32.2. The molecule has 7 rings (SSSR count). The number of hydrogen-bond acceptors (Lipinski definition) is 8. The third kappa shape index (κ3) is 5.04. The number of phenolic OH excluding ortho intramolecular Hbond substituents is 1. The van der Waals surface area contributed by atoms with Gasteiger partial charge in [-0.1, -0.05) is 17.9 Å². The van der Waals surface area contributed by atoms with E-state index >= 15 is 4.39 Å². The van der Waals surface area contributed by atoms with Gasteiger partial charge in [0.1, 0.15) is 47.1 Å². The summed E-state index contributed by atoms with van der Waals surface area (Å²) >= 11 is 0. The molecule has 0 saturated carbocycles. The number of hydrogen-bond donors (Lipinski definition) is 2. The molecule has 0 aliphatic carbocycles. The second-order valence-electron chi connectivity index (χ2n) is 12.3. The van der Waals surface area contributed by atoms with Crippen LogP contribution in [0, 0.1) is 35.8 Å². The molecule has 8 nitrogen and oxygen atoms in total. The van der Waals surface area contributed by atoms with Crippen LogP contribution in [0.4, 0.5) is 19.0 Å². The number of alkyl halides is 1. The third-order valence-electron chi connectivity index (χ3n) is 9.37. The molecule has 46 heavy (non-hydrogen) atoms. The van der Waals surface area contributed by atoms with Gasteiger partial charge in [0.25, 0.3) is 0 Å². The van der Waals surface area contributed by atoms with E-state index in [1.807, 2.05) is 4.90 Å². The van der Waals surface area contributed by atoms with E-state index in [0.29, 0.717) is 43.6 Å². The van der Waals surface area contributed by atoms with Gasteiger partial charge in [0.2, 0.25) is 0 Å². The Morgan fingerprint density at radius 2 is 1.96 bits per heavy atom. The molecule has 4 aromatic rings. The number of phenols is 1. The topological polar surface area (TPSA) is 94.8 Å². The standard InChI is InChI=1S/C35H32F3N5O3/c1-3-7-27-29-32(30(38)31(39-27)25-15-23(45)14-20-9-10-26(37)24(4-2)28(20)25)40-34(41-33(29)42-12-5-8-22(44)18-42)46-19-35-11-6-13-43(35)17-21(36)16-35/h2,9-10,14-15,21-22,44-45H,5-6,8,11-13,16-19H2,1H3/t21-,22-,35+/m1/s1. The van der Waals surface area contributed by atoms with Crippen molar-refractivity contribution in [2.75, 3.05) is 37.7 Å². The molecule has 3 atom stereocenters. The zero-order valence-corrected chi connectivity index (χ0v) is 25.3. The summed E-state index contributed by atoms with van der Waals surface area (Å²) in [6, 6.07) is 5.23. The smallest absolute Gasteiger partial charge is 0.319 e. The summed E-state index contributed by atoms with van der Waals surface area (Å²) in [4.78, 5) is 17.8. The molecule has 3 saturated heterocycles. The Kier molecular flexibility index (Phi) is 7.62. The van der Waals surface area contributed by atoms with Crippen LogP contribution in [0.5, 0.6) is 11.8 Å². The summed E-state index contributed by atoms with van der Waals surface area (Å²) in [5, 5.41) is 22.0. The first-order valence-corrected chi connectivity index (χ1v) is 15.4. The number of anilines is 1. The number of terminal acetylenes is 1. The molecule has 236 valence electrons. The van der Waals surface area contributed by atoms with E-state index in [1.165, 1.54) is 24.3 Å². The number of fused-ring (bicyclic) bond motifs is 3. The maximum Gasteiger partial charge on any atom is 0.319 e. The molecule has 0 amide bonds. The maximum atomic E-state index is 17.0. The average molecular weight is 628 g/mol. The highest BCUT2D eigenvalue weighted by molar-refractivity contribution is 6.04. The van der Waals surface area contributed by atoms with Gasteiger partial charge in [-0.25, -0.2) is 18.2 Å². The maximum absolute atomic E-state index is 17.0. The number of aromatic nitrogens is 3. The number of aliphatic hydroxyl groups excluding tert-OH is 1. The molecule has 0 unspecified atom stereocenters. The fourth-order valence-electron chi connectivity index (χ4n) is 7.36. The molecule has 2 aromatic heterocycles. The number of nitrogens with zero attached hydrogens (tertiary/aromatic N) is 5. The Hall–Kier alpha value is -4.58. The number of rotatable bonds is 5. The third-order valence-corrected chi connectivity index (χ3v) is 9.37. The highest BCUT2D eigenvalue weighted by atomic mass is 19.1. The zero-order valence-electron chi connectivity index (χ0n) is 25.3. The molecule has 5 heterocycles. The lowest BCUT2D eigenvalue weighted by Gasteiger charge is -2.33. The molecule has 3 fully saturated rings. The summed E-state index contributed by atoms with van der Waals surface area (Å²) in [5.74, 6) is 6.69. The number of aromatic hydroxyl groups is 1. The molecule has 2 N–H and O–H groups in total. The first-order valence-electron chi connectivity index (χ1n) is 15.4.